The van der Waals surface area contributed by atoms with Crippen LogP contribution in [0.25, 0.3) is 0 Å². The molecule has 1 atom stereocenters. The Morgan fingerprint density at radius 1 is 0.926 bits per heavy atom. The van der Waals surface area contributed by atoms with E-state index in [9.17, 15) is 12.8 Å². The van der Waals surface area contributed by atoms with Crippen molar-refractivity contribution in [3.8, 4) is 5.75 Å². The molecule has 0 spiro atoms. The molecule has 0 N–H and O–H groups in total. The number of hydrogen-bond acceptors (Lipinski definition) is 3. The summed E-state index contributed by atoms with van der Waals surface area (Å²) >= 11 is 0. The van der Waals surface area contributed by atoms with Crippen LogP contribution in [-0.4, -0.2) is 15.5 Å². The van der Waals surface area contributed by atoms with Crippen molar-refractivity contribution in [2.75, 3.05) is 11.4 Å². The largest absolute Gasteiger partial charge is 0.497 e. The lowest BCUT2D eigenvalue weighted by atomic mass is 10.1. The third-order valence-electron chi connectivity index (χ3n) is 4.29. The normalized spacial score (nSPS) is 12.4. The molecule has 0 aliphatic carbocycles. The van der Waals surface area contributed by atoms with Gasteiger partial charge in [-0.05, 0) is 42.8 Å². The highest BCUT2D eigenvalue weighted by Gasteiger charge is 2.31. The van der Waals surface area contributed by atoms with E-state index in [-0.39, 0.29) is 4.90 Å². The van der Waals surface area contributed by atoms with Crippen molar-refractivity contribution in [3.63, 3.8) is 0 Å². The molecule has 0 aliphatic rings. The average Bonchev–Trinajstić information content (AvgIpc) is 2.69. The van der Waals surface area contributed by atoms with E-state index in [1.807, 2.05) is 30.3 Å². The van der Waals surface area contributed by atoms with Gasteiger partial charge in [0.2, 0.25) is 0 Å². The molecule has 27 heavy (non-hydrogen) atoms. The molecule has 0 bridgehead atoms. The Kier molecular flexibility index (Phi) is 5.46. The Hall–Kier alpha value is -2.86. The van der Waals surface area contributed by atoms with Crippen molar-refractivity contribution in [3.05, 3.63) is 90.2 Å². The monoisotopic (exact) mass is 385 g/mol. The zero-order chi connectivity index (χ0) is 19.4. The molecule has 3 aromatic rings. The molecule has 0 radical (unpaired) electrons. The molecule has 0 saturated heterocycles. The van der Waals surface area contributed by atoms with Crippen molar-refractivity contribution in [1.82, 2.24) is 0 Å². The number of nitrogens with zero attached hydrogens (tertiary/aromatic N) is 1. The Morgan fingerprint density at radius 2 is 1.63 bits per heavy atom. The van der Waals surface area contributed by atoms with Crippen LogP contribution in [-0.2, 0) is 10.0 Å². The van der Waals surface area contributed by atoms with E-state index in [4.69, 9.17) is 4.74 Å². The van der Waals surface area contributed by atoms with Gasteiger partial charge >= 0.3 is 0 Å². The predicted octanol–water partition coefficient (Wildman–Crippen LogP) is 4.79. The highest BCUT2D eigenvalue weighted by atomic mass is 32.2. The summed E-state index contributed by atoms with van der Waals surface area (Å²) < 4.78 is 47.1. The molecule has 4 nitrogen and oxygen atoms in total. The Morgan fingerprint density at radius 3 is 2.30 bits per heavy atom. The molecule has 6 heteroatoms. The maximum atomic E-state index is 13.7. The molecule has 0 saturated carbocycles. The van der Waals surface area contributed by atoms with Gasteiger partial charge in [0.05, 0.1) is 23.7 Å². The summed E-state index contributed by atoms with van der Waals surface area (Å²) in [5.74, 6) is -0.0683. The zero-order valence-corrected chi connectivity index (χ0v) is 15.9. The number of sulfonamides is 1. The molecular formula is C21H20FNO3S. The summed E-state index contributed by atoms with van der Waals surface area (Å²) in [5, 5.41) is 0. The molecule has 0 aromatic heterocycles. The number of ether oxygens (including phenoxy) is 1. The van der Waals surface area contributed by atoms with Crippen molar-refractivity contribution in [2.24, 2.45) is 0 Å². The smallest absolute Gasteiger partial charge is 0.264 e. The molecular weight excluding hydrogens is 365 g/mol. The van der Waals surface area contributed by atoms with E-state index in [2.05, 4.69) is 0 Å². The van der Waals surface area contributed by atoms with Crippen LogP contribution in [0.1, 0.15) is 18.5 Å². The van der Waals surface area contributed by atoms with E-state index in [1.165, 1.54) is 29.6 Å². The van der Waals surface area contributed by atoms with E-state index in [1.54, 1.807) is 31.2 Å². The lowest BCUT2D eigenvalue weighted by Gasteiger charge is -2.31. The fourth-order valence-corrected chi connectivity index (χ4v) is 4.59. The molecule has 0 heterocycles. The van der Waals surface area contributed by atoms with E-state index in [0.29, 0.717) is 11.4 Å². The molecule has 0 amide bonds. The summed E-state index contributed by atoms with van der Waals surface area (Å²) in [6.07, 6.45) is 0. The van der Waals surface area contributed by atoms with Crippen LogP contribution in [0, 0.1) is 5.82 Å². The van der Waals surface area contributed by atoms with Gasteiger partial charge in [0, 0.05) is 6.07 Å². The highest BCUT2D eigenvalue weighted by molar-refractivity contribution is 7.92. The Balaban J connectivity index is 2.17. The van der Waals surface area contributed by atoms with Crippen LogP contribution >= 0.6 is 0 Å². The fourth-order valence-electron chi connectivity index (χ4n) is 2.93. The van der Waals surface area contributed by atoms with Crippen LogP contribution < -0.4 is 9.04 Å². The van der Waals surface area contributed by atoms with Gasteiger partial charge in [-0.15, -0.1) is 0 Å². The van der Waals surface area contributed by atoms with E-state index in [0.717, 1.165) is 11.6 Å². The van der Waals surface area contributed by atoms with Crippen LogP contribution in [0.2, 0.25) is 0 Å². The van der Waals surface area contributed by atoms with Gasteiger partial charge in [0.1, 0.15) is 11.6 Å². The number of rotatable bonds is 6. The van der Waals surface area contributed by atoms with Crippen LogP contribution in [0.15, 0.2) is 83.8 Å². The second-order valence-corrected chi connectivity index (χ2v) is 7.86. The summed E-state index contributed by atoms with van der Waals surface area (Å²) in [6, 6.07) is 20.6. The quantitative estimate of drug-likeness (QED) is 0.613. The first-order valence-corrected chi connectivity index (χ1v) is 9.86. The SMILES string of the molecule is COc1cccc(N([C@@H](C)c2ccccc2)S(=O)(=O)c2cccc(F)c2)c1. The fraction of sp³-hybridized carbons (Fsp3) is 0.143. The van der Waals surface area contributed by atoms with Crippen LogP contribution in [0.3, 0.4) is 0 Å². The van der Waals surface area contributed by atoms with Gasteiger partial charge in [0.15, 0.2) is 0 Å². The molecule has 3 aromatic carbocycles. The highest BCUT2D eigenvalue weighted by Crippen LogP contribution is 2.34. The maximum absolute atomic E-state index is 13.7. The molecule has 0 aliphatic heterocycles. The van der Waals surface area contributed by atoms with Gasteiger partial charge < -0.3 is 4.74 Å². The lowest BCUT2D eigenvalue weighted by Crippen LogP contribution is -2.33. The maximum Gasteiger partial charge on any atom is 0.264 e. The van der Waals surface area contributed by atoms with E-state index >= 15 is 0 Å². The first-order chi connectivity index (χ1) is 12.9. The zero-order valence-electron chi connectivity index (χ0n) is 15.0. The minimum Gasteiger partial charge on any atom is -0.497 e. The van der Waals surface area contributed by atoms with Crippen molar-refractivity contribution in [2.45, 2.75) is 17.9 Å². The minimum absolute atomic E-state index is 0.104. The van der Waals surface area contributed by atoms with Gasteiger partial charge in [-0.3, -0.25) is 4.31 Å². The molecule has 0 fully saturated rings. The summed E-state index contributed by atoms with van der Waals surface area (Å²) in [5.41, 5.74) is 1.26. The second kappa shape index (κ2) is 7.80. The summed E-state index contributed by atoms with van der Waals surface area (Å²) in [7, 11) is -2.49. The third kappa shape index (κ3) is 3.95. The minimum atomic E-state index is -4.01. The number of benzene rings is 3. The first kappa shape index (κ1) is 18.9. The van der Waals surface area contributed by atoms with E-state index < -0.39 is 21.9 Å². The topological polar surface area (TPSA) is 46.6 Å². The number of halogens is 1. The first-order valence-electron chi connectivity index (χ1n) is 8.42. The third-order valence-corrected chi connectivity index (χ3v) is 6.19. The summed E-state index contributed by atoms with van der Waals surface area (Å²) in [4.78, 5) is -0.104. The van der Waals surface area contributed by atoms with Crippen LogP contribution in [0.4, 0.5) is 10.1 Å². The van der Waals surface area contributed by atoms with Gasteiger partial charge in [-0.25, -0.2) is 12.8 Å². The number of methoxy groups -OCH3 is 1. The lowest BCUT2D eigenvalue weighted by molar-refractivity contribution is 0.415. The van der Waals surface area contributed by atoms with Crippen molar-refractivity contribution in [1.29, 1.82) is 0 Å². The van der Waals surface area contributed by atoms with Gasteiger partial charge in [-0.2, -0.15) is 0 Å². The second-order valence-electron chi connectivity index (χ2n) is 6.05. The van der Waals surface area contributed by atoms with Crippen molar-refractivity contribution < 1.29 is 17.5 Å². The standard InChI is InChI=1S/C21H20FNO3S/c1-16(17-8-4-3-5-9-17)23(19-11-7-12-20(15-19)26-2)27(24,25)21-13-6-10-18(22)14-21/h3-16H,1-2H3/t16-/m0/s1. The number of anilines is 1. The van der Waals surface area contributed by atoms with Gasteiger partial charge in [0.25, 0.3) is 10.0 Å². The molecule has 0 unspecified atom stereocenters. The van der Waals surface area contributed by atoms with Crippen molar-refractivity contribution >= 4 is 15.7 Å². The average molecular weight is 385 g/mol. The van der Waals surface area contributed by atoms with Crippen LogP contribution in [0.5, 0.6) is 5.75 Å². The predicted molar refractivity (Wildman–Crippen MR) is 104 cm³/mol. The molecule has 3 rings (SSSR count). The number of hydrogen-bond donors (Lipinski definition) is 0. The van der Waals surface area contributed by atoms with Gasteiger partial charge in [-0.1, -0.05) is 42.5 Å². The Labute approximate surface area is 158 Å². The molecule has 140 valence electrons. The summed E-state index contributed by atoms with van der Waals surface area (Å²) in [6.45, 7) is 1.80. The Bertz CT molecular complexity index is 1020.